The number of halogens is 3. The summed E-state index contributed by atoms with van der Waals surface area (Å²) in [6.45, 7) is 0.239. The molecular weight excluding hydrogens is 491 g/mol. The van der Waals surface area contributed by atoms with Crippen LogP contribution in [0.4, 0.5) is 24.5 Å². The third kappa shape index (κ3) is 7.81. The van der Waals surface area contributed by atoms with Crippen molar-refractivity contribution in [2.75, 3.05) is 39.2 Å². The van der Waals surface area contributed by atoms with Gasteiger partial charge in [0, 0.05) is 17.7 Å². The lowest BCUT2D eigenvalue weighted by atomic mass is 10.0. The zero-order chi connectivity index (χ0) is 26.0. The molecule has 2 rings (SSSR count). The summed E-state index contributed by atoms with van der Waals surface area (Å²) in [4.78, 5) is 34.8. The molecule has 2 aromatic carbocycles. The molecule has 0 bridgehead atoms. The molecule has 5 N–H and O–H groups in total. The number of anilines is 2. The monoisotopic (exact) mass is 517 g/mol. The Morgan fingerprint density at radius 3 is 2.54 bits per heavy atom. The molecule has 14 heteroatoms. The highest BCUT2D eigenvalue weighted by atomic mass is 32.2. The first-order valence-corrected chi connectivity index (χ1v) is 11.0. The van der Waals surface area contributed by atoms with Gasteiger partial charge in [-0.3, -0.25) is 24.0 Å². The van der Waals surface area contributed by atoms with Crippen LogP contribution in [0.5, 0.6) is 0 Å². The molecule has 10 nitrogen and oxygen atoms in total. The number of amides is 2. The smallest absolute Gasteiger partial charge is 0.277 e. The highest BCUT2D eigenvalue weighted by Gasteiger charge is 2.26. The average Bonchev–Trinajstić information content (AvgIpc) is 2.83. The van der Waals surface area contributed by atoms with Crippen molar-refractivity contribution in [1.29, 1.82) is 0 Å². The van der Waals surface area contributed by atoms with E-state index >= 15 is 8.78 Å². The zero-order valence-corrected chi connectivity index (χ0v) is 20.0. The van der Waals surface area contributed by atoms with Gasteiger partial charge in [0.25, 0.3) is 11.8 Å². The van der Waals surface area contributed by atoms with Crippen LogP contribution in [0.25, 0.3) is 0 Å². The van der Waals surface area contributed by atoms with E-state index in [9.17, 15) is 14.0 Å². The number of hydrogen-bond acceptors (Lipinski definition) is 9. The Hall–Kier alpha value is -2.88. The van der Waals surface area contributed by atoms with E-state index < -0.39 is 53.7 Å². The minimum absolute atomic E-state index is 0.196. The molecule has 0 unspecified atom stereocenters. The normalized spacial score (nSPS) is 10.8. The second-order valence-electron chi connectivity index (χ2n) is 6.94. The number of nitrogens with one attached hydrogen (secondary N) is 4. The van der Waals surface area contributed by atoms with E-state index in [4.69, 9.17) is 14.8 Å². The maximum atomic E-state index is 15.2. The number of aliphatic hydroxyl groups excluding tert-OH is 1. The zero-order valence-electron chi connectivity index (χ0n) is 19.2. The number of rotatable bonds is 13. The summed E-state index contributed by atoms with van der Waals surface area (Å²) in [6, 6.07) is 5.01. The van der Waals surface area contributed by atoms with Crippen LogP contribution in [0.1, 0.15) is 21.5 Å². The number of benzene rings is 2. The molecule has 0 fully saturated rings. The fraction of sp³-hybridized carbons (Fsp3) is 0.333. The summed E-state index contributed by atoms with van der Waals surface area (Å²) < 4.78 is 49.9. The lowest BCUT2D eigenvalue weighted by Crippen LogP contribution is -2.36. The van der Waals surface area contributed by atoms with E-state index in [1.807, 2.05) is 5.48 Å². The van der Waals surface area contributed by atoms with Crippen molar-refractivity contribution >= 4 is 35.3 Å². The third-order valence-corrected chi connectivity index (χ3v) is 4.97. The average molecular weight is 518 g/mol. The summed E-state index contributed by atoms with van der Waals surface area (Å²) in [7, 11) is 2.80. The lowest BCUT2D eigenvalue weighted by Gasteiger charge is -2.22. The summed E-state index contributed by atoms with van der Waals surface area (Å²) in [5, 5.41) is 12.0. The van der Waals surface area contributed by atoms with Crippen LogP contribution in [-0.4, -0.2) is 55.9 Å². The van der Waals surface area contributed by atoms with Crippen molar-refractivity contribution in [2.24, 2.45) is 0 Å². The summed E-state index contributed by atoms with van der Waals surface area (Å²) >= 11 is 1.04. The molecule has 0 aromatic heterocycles. The third-order valence-electron chi connectivity index (χ3n) is 4.48. The maximum Gasteiger partial charge on any atom is 0.277 e. The first-order chi connectivity index (χ1) is 16.7. The largest absolute Gasteiger partial charge is 0.394 e. The van der Waals surface area contributed by atoms with Crippen LogP contribution < -0.4 is 20.2 Å². The van der Waals surface area contributed by atoms with Gasteiger partial charge in [0.05, 0.1) is 50.4 Å². The van der Waals surface area contributed by atoms with Gasteiger partial charge >= 0.3 is 0 Å². The van der Waals surface area contributed by atoms with E-state index in [-0.39, 0.29) is 24.4 Å². The fourth-order valence-electron chi connectivity index (χ4n) is 2.84. The van der Waals surface area contributed by atoms with Crippen LogP contribution in [-0.2, 0) is 21.0 Å². The summed E-state index contributed by atoms with van der Waals surface area (Å²) in [5.74, 6) is -5.21. The van der Waals surface area contributed by atoms with Gasteiger partial charge in [0.1, 0.15) is 5.82 Å². The van der Waals surface area contributed by atoms with Crippen LogP contribution in [0.15, 0.2) is 24.3 Å². The van der Waals surface area contributed by atoms with Gasteiger partial charge in [0.2, 0.25) is 0 Å². The number of nitrogens with zero attached hydrogens (tertiary/aromatic N) is 1. The van der Waals surface area contributed by atoms with E-state index in [1.54, 1.807) is 20.0 Å². The van der Waals surface area contributed by atoms with Gasteiger partial charge in [-0.2, -0.15) is 0 Å². The number of hydrogen-bond donors (Lipinski definition) is 5. The van der Waals surface area contributed by atoms with Crippen LogP contribution in [0.3, 0.4) is 0 Å². The van der Waals surface area contributed by atoms with Crippen molar-refractivity contribution in [2.45, 2.75) is 13.5 Å². The number of aryl methyl sites for hydroxylation is 1. The first-order valence-electron chi connectivity index (χ1n) is 10.2. The van der Waals surface area contributed by atoms with E-state index in [0.717, 1.165) is 23.3 Å². The SMILES string of the molecule is CNSNCC(=O)N(Cc1cc(C(=O)NOCCO)c(Nc2ccc(C)cc2F)c(F)c1F)OC. The van der Waals surface area contributed by atoms with Gasteiger partial charge in [-0.15, -0.1) is 0 Å². The maximum absolute atomic E-state index is 15.2. The quantitative estimate of drug-likeness (QED) is 0.154. The Balaban J connectivity index is 2.45. The molecule has 0 spiro atoms. The van der Waals surface area contributed by atoms with E-state index in [0.29, 0.717) is 5.56 Å². The first kappa shape index (κ1) is 28.4. The molecule has 0 atom stereocenters. The van der Waals surface area contributed by atoms with Crippen molar-refractivity contribution in [3.8, 4) is 0 Å². The highest BCUT2D eigenvalue weighted by molar-refractivity contribution is 7.95. The highest BCUT2D eigenvalue weighted by Crippen LogP contribution is 2.31. The molecule has 0 radical (unpaired) electrons. The minimum atomic E-state index is -1.48. The molecule has 2 aromatic rings. The Labute approximate surface area is 204 Å². The molecule has 0 saturated heterocycles. The number of hydroxylamine groups is 3. The number of carbonyl (C=O) groups excluding carboxylic acids is 2. The van der Waals surface area contributed by atoms with Gasteiger partial charge in [-0.1, -0.05) is 6.07 Å². The summed E-state index contributed by atoms with van der Waals surface area (Å²) in [5.41, 5.74) is 0.910. The molecule has 2 amide bonds. The Kier molecular flexibility index (Phi) is 11.2. The molecule has 0 saturated carbocycles. The van der Waals surface area contributed by atoms with Crippen molar-refractivity contribution in [1.82, 2.24) is 20.0 Å². The molecule has 0 heterocycles. The predicted molar refractivity (Wildman–Crippen MR) is 123 cm³/mol. The van der Waals surface area contributed by atoms with Gasteiger partial charge in [-0.05, 0) is 37.7 Å². The molecule has 0 aliphatic heterocycles. The molecule has 35 heavy (non-hydrogen) atoms. The molecule has 0 aliphatic carbocycles. The minimum Gasteiger partial charge on any atom is -0.394 e. The van der Waals surface area contributed by atoms with E-state index in [2.05, 4.69) is 14.8 Å². The van der Waals surface area contributed by atoms with Crippen LogP contribution in [0.2, 0.25) is 0 Å². The van der Waals surface area contributed by atoms with Crippen molar-refractivity contribution in [3.05, 3.63) is 58.4 Å². The van der Waals surface area contributed by atoms with Gasteiger partial charge in [0.15, 0.2) is 11.6 Å². The topological polar surface area (TPSA) is 124 Å². The standard InChI is InChI=1S/C21H26F3N5O5S/c1-12-4-5-16(15(22)8-12)27-20-14(21(32)28-34-7-6-30)9-13(18(23)19(20)24)11-29(33-3)17(31)10-26-35-25-2/h4-5,8-9,25-27,30H,6-7,10-11H2,1-3H3,(H,28,32). The number of carbonyl (C=O) groups is 2. The van der Waals surface area contributed by atoms with E-state index in [1.165, 1.54) is 19.2 Å². The second kappa shape index (κ2) is 13.9. The summed E-state index contributed by atoms with van der Waals surface area (Å²) in [6.07, 6.45) is 0. The Morgan fingerprint density at radius 1 is 1.17 bits per heavy atom. The van der Waals surface area contributed by atoms with Crippen LogP contribution >= 0.6 is 12.1 Å². The second-order valence-corrected chi connectivity index (χ2v) is 7.84. The fourth-order valence-corrected chi connectivity index (χ4v) is 3.18. The van der Waals surface area contributed by atoms with Gasteiger partial charge in [-0.25, -0.2) is 28.4 Å². The van der Waals surface area contributed by atoms with Crippen molar-refractivity contribution in [3.63, 3.8) is 0 Å². The predicted octanol–water partition coefficient (Wildman–Crippen LogP) is 2.07. The van der Waals surface area contributed by atoms with Crippen molar-refractivity contribution < 1.29 is 37.5 Å². The number of aliphatic hydroxyl groups is 1. The molecular formula is C21H26F3N5O5S. The van der Waals surface area contributed by atoms with Gasteiger partial charge < -0.3 is 10.4 Å². The Bertz CT molecular complexity index is 1050. The lowest BCUT2D eigenvalue weighted by molar-refractivity contribution is -0.178. The molecule has 0 aliphatic rings. The molecule has 192 valence electrons. The Morgan fingerprint density at radius 2 is 1.91 bits per heavy atom. The van der Waals surface area contributed by atoms with Crippen LogP contribution in [0, 0.1) is 24.4 Å².